The van der Waals surface area contributed by atoms with Gasteiger partial charge in [-0.25, -0.2) is 8.78 Å². The maximum Gasteiger partial charge on any atom is 0.248 e. The molecule has 6 nitrogen and oxygen atoms in total. The summed E-state index contributed by atoms with van der Waals surface area (Å²) in [6.07, 6.45) is 0. The van der Waals surface area contributed by atoms with Gasteiger partial charge in [0.25, 0.3) is 0 Å². The molecule has 4 rings (SSSR count). The lowest BCUT2D eigenvalue weighted by Gasteiger charge is -2.46. The second kappa shape index (κ2) is 8.49. The van der Waals surface area contributed by atoms with E-state index in [9.17, 15) is 18.4 Å². The summed E-state index contributed by atoms with van der Waals surface area (Å²) in [5.41, 5.74) is 7.11. The molecule has 0 radical (unpaired) electrons. The number of nitrogens with zero attached hydrogens (tertiary/aromatic N) is 3. The number of nitrogens with two attached hydrogens (primary N) is 1. The molecule has 2 fully saturated rings. The number of amides is 2. The van der Waals surface area contributed by atoms with E-state index >= 15 is 0 Å². The topological polar surface area (TPSA) is 69.9 Å². The molecular weight excluding hydrogens is 390 g/mol. The molecule has 2 aromatic carbocycles. The van der Waals surface area contributed by atoms with Gasteiger partial charge in [0.15, 0.2) is 0 Å². The Bertz CT molecular complexity index is 968. The van der Waals surface area contributed by atoms with Crippen LogP contribution in [-0.4, -0.2) is 65.3 Å². The number of piperazine rings is 2. The van der Waals surface area contributed by atoms with Crippen LogP contribution in [0.3, 0.4) is 0 Å². The average Bonchev–Trinajstić information content (AvgIpc) is 2.72. The zero-order valence-electron chi connectivity index (χ0n) is 16.6. The van der Waals surface area contributed by atoms with E-state index in [4.69, 9.17) is 5.73 Å². The van der Waals surface area contributed by atoms with Crippen LogP contribution in [0.25, 0.3) is 0 Å². The Kier molecular flexibility index (Phi) is 5.78. The van der Waals surface area contributed by atoms with Gasteiger partial charge in [0, 0.05) is 63.0 Å². The van der Waals surface area contributed by atoms with Gasteiger partial charge in [0.2, 0.25) is 11.8 Å². The van der Waals surface area contributed by atoms with Crippen molar-refractivity contribution in [2.45, 2.75) is 19.1 Å². The van der Waals surface area contributed by atoms with Crippen molar-refractivity contribution >= 4 is 11.8 Å². The van der Waals surface area contributed by atoms with Crippen molar-refractivity contribution in [3.8, 4) is 0 Å². The monoisotopic (exact) mass is 414 g/mol. The maximum absolute atomic E-state index is 14.0. The molecule has 2 amide bonds. The lowest BCUT2D eigenvalue weighted by Crippen LogP contribution is -2.64. The Morgan fingerprint density at radius 3 is 2.60 bits per heavy atom. The van der Waals surface area contributed by atoms with E-state index in [1.165, 1.54) is 12.1 Å². The number of carbonyl (C=O) groups excluding carboxylic acids is 2. The Morgan fingerprint density at radius 1 is 1.03 bits per heavy atom. The van der Waals surface area contributed by atoms with Crippen LogP contribution in [0.1, 0.15) is 21.5 Å². The van der Waals surface area contributed by atoms with Crippen LogP contribution >= 0.6 is 0 Å². The largest absolute Gasteiger partial charge is 0.366 e. The number of hydrogen-bond donors (Lipinski definition) is 1. The third-order valence-corrected chi connectivity index (χ3v) is 5.82. The van der Waals surface area contributed by atoms with Gasteiger partial charge >= 0.3 is 0 Å². The van der Waals surface area contributed by atoms with Crippen LogP contribution in [0.2, 0.25) is 0 Å². The lowest BCUT2D eigenvalue weighted by molar-refractivity contribution is -0.146. The summed E-state index contributed by atoms with van der Waals surface area (Å²) in [5.74, 6) is -1.77. The van der Waals surface area contributed by atoms with Crippen LogP contribution in [0.5, 0.6) is 0 Å². The molecule has 30 heavy (non-hydrogen) atoms. The Morgan fingerprint density at radius 2 is 1.83 bits per heavy atom. The first-order valence-electron chi connectivity index (χ1n) is 9.98. The zero-order chi connectivity index (χ0) is 21.3. The minimum absolute atomic E-state index is 0.0411. The maximum atomic E-state index is 14.0. The molecule has 2 N–H and O–H groups in total. The summed E-state index contributed by atoms with van der Waals surface area (Å²) in [6.45, 7) is 4.14. The van der Waals surface area contributed by atoms with Gasteiger partial charge < -0.3 is 10.6 Å². The third-order valence-electron chi connectivity index (χ3n) is 5.82. The second-order valence-corrected chi connectivity index (χ2v) is 7.85. The van der Waals surface area contributed by atoms with Crippen LogP contribution in [0.15, 0.2) is 42.5 Å². The summed E-state index contributed by atoms with van der Waals surface area (Å²) in [7, 11) is 0. The smallest absolute Gasteiger partial charge is 0.248 e. The van der Waals surface area contributed by atoms with Crippen molar-refractivity contribution < 1.29 is 18.4 Å². The predicted molar refractivity (Wildman–Crippen MR) is 107 cm³/mol. The van der Waals surface area contributed by atoms with E-state index in [2.05, 4.69) is 9.80 Å². The Hall–Kier alpha value is -2.84. The molecular formula is C22H24F2N4O2. The predicted octanol–water partition coefficient (Wildman–Crippen LogP) is 1.59. The number of fused-ring (bicyclic) bond motifs is 1. The summed E-state index contributed by atoms with van der Waals surface area (Å²) >= 11 is 0. The fourth-order valence-electron chi connectivity index (χ4n) is 4.19. The number of primary amides is 1. The highest BCUT2D eigenvalue weighted by atomic mass is 19.1. The number of carbonyl (C=O) groups is 2. The molecule has 2 aliphatic heterocycles. The van der Waals surface area contributed by atoms with Crippen LogP contribution in [0, 0.1) is 11.6 Å². The summed E-state index contributed by atoms with van der Waals surface area (Å²) in [4.78, 5) is 30.5. The standard InChI is InChI=1S/C22H24F2N4O2/c23-18-5-4-17(19(24)11-18)13-28-9-8-27-7-6-26(14-20(27)22(28)30)12-15-2-1-3-16(10-15)21(25)29/h1-5,10-11,20H,6-9,12-14H2,(H2,25,29). The highest BCUT2D eigenvalue weighted by Crippen LogP contribution is 2.21. The molecule has 0 saturated carbocycles. The van der Waals surface area contributed by atoms with E-state index in [1.807, 2.05) is 6.07 Å². The second-order valence-electron chi connectivity index (χ2n) is 7.85. The molecule has 0 spiro atoms. The minimum atomic E-state index is -0.634. The fourth-order valence-corrected chi connectivity index (χ4v) is 4.19. The minimum Gasteiger partial charge on any atom is -0.366 e. The first-order valence-corrected chi connectivity index (χ1v) is 9.98. The first kappa shape index (κ1) is 20.4. The molecule has 2 aromatic rings. The molecule has 2 saturated heterocycles. The van der Waals surface area contributed by atoms with Crippen molar-refractivity contribution in [1.29, 1.82) is 0 Å². The number of benzene rings is 2. The fraction of sp³-hybridized carbons (Fsp3) is 0.364. The SMILES string of the molecule is NC(=O)c1cccc(CN2CCN3CCN(Cc4ccc(F)cc4F)C(=O)C3C2)c1. The van der Waals surface area contributed by atoms with Gasteiger partial charge in [-0.15, -0.1) is 0 Å². The molecule has 0 aliphatic carbocycles. The average molecular weight is 414 g/mol. The van der Waals surface area contributed by atoms with Gasteiger partial charge in [0.1, 0.15) is 17.7 Å². The molecule has 1 unspecified atom stereocenters. The van der Waals surface area contributed by atoms with Crippen molar-refractivity contribution in [3.63, 3.8) is 0 Å². The molecule has 158 valence electrons. The van der Waals surface area contributed by atoms with E-state index in [0.29, 0.717) is 30.8 Å². The summed E-state index contributed by atoms with van der Waals surface area (Å²) in [5, 5.41) is 0. The molecule has 1 atom stereocenters. The summed E-state index contributed by atoms with van der Waals surface area (Å²) in [6, 6.07) is 10.3. The van der Waals surface area contributed by atoms with Gasteiger partial charge in [-0.05, 0) is 23.8 Å². The van der Waals surface area contributed by atoms with Crippen molar-refractivity contribution in [1.82, 2.24) is 14.7 Å². The zero-order valence-corrected chi connectivity index (χ0v) is 16.6. The number of hydrogen-bond acceptors (Lipinski definition) is 4. The van der Waals surface area contributed by atoms with Crippen molar-refractivity contribution in [2.75, 3.05) is 32.7 Å². The van der Waals surface area contributed by atoms with E-state index in [0.717, 1.165) is 31.3 Å². The lowest BCUT2D eigenvalue weighted by atomic mass is 10.0. The van der Waals surface area contributed by atoms with E-state index < -0.39 is 17.5 Å². The highest BCUT2D eigenvalue weighted by molar-refractivity contribution is 5.92. The van der Waals surface area contributed by atoms with Gasteiger partial charge in [0.05, 0.1) is 0 Å². The van der Waals surface area contributed by atoms with E-state index in [-0.39, 0.29) is 18.5 Å². The van der Waals surface area contributed by atoms with Gasteiger partial charge in [-0.3, -0.25) is 19.4 Å². The molecule has 2 heterocycles. The summed E-state index contributed by atoms with van der Waals surface area (Å²) < 4.78 is 27.2. The number of rotatable bonds is 5. The van der Waals surface area contributed by atoms with E-state index in [1.54, 1.807) is 23.1 Å². The molecule has 0 bridgehead atoms. The Balaban J connectivity index is 1.43. The first-order chi connectivity index (χ1) is 14.4. The third kappa shape index (κ3) is 4.34. The van der Waals surface area contributed by atoms with Gasteiger partial charge in [-0.1, -0.05) is 18.2 Å². The van der Waals surface area contributed by atoms with Gasteiger partial charge in [-0.2, -0.15) is 0 Å². The quantitative estimate of drug-likeness (QED) is 0.807. The van der Waals surface area contributed by atoms with Crippen LogP contribution in [0.4, 0.5) is 8.78 Å². The van der Waals surface area contributed by atoms with Crippen molar-refractivity contribution in [2.24, 2.45) is 5.73 Å². The number of halogens is 2. The van der Waals surface area contributed by atoms with Crippen LogP contribution in [-0.2, 0) is 17.9 Å². The normalized spacial score (nSPS) is 20.3. The van der Waals surface area contributed by atoms with Crippen LogP contribution < -0.4 is 5.73 Å². The Labute approximate surface area is 173 Å². The molecule has 0 aromatic heterocycles. The molecule has 8 heteroatoms. The molecule has 2 aliphatic rings. The van der Waals surface area contributed by atoms with Crippen molar-refractivity contribution in [3.05, 3.63) is 70.8 Å². The highest BCUT2D eigenvalue weighted by Gasteiger charge is 2.38.